The molecule has 0 saturated heterocycles. The number of benzene rings is 1. The third-order valence-corrected chi connectivity index (χ3v) is 1.96. The molecule has 1 rings (SSSR count). The smallest absolute Gasteiger partial charge is 0.126 e. The fraction of sp³-hybridized carbons (Fsp3) is 0.333. The van der Waals surface area contributed by atoms with E-state index in [1.165, 1.54) is 12.1 Å². The number of ether oxygens (including phenoxy) is 1. The fourth-order valence-electron chi connectivity index (χ4n) is 1.14. The van der Waals surface area contributed by atoms with Gasteiger partial charge in [-0.3, -0.25) is 0 Å². The van der Waals surface area contributed by atoms with E-state index >= 15 is 0 Å². The van der Waals surface area contributed by atoms with Crippen LogP contribution in [0.3, 0.4) is 0 Å². The van der Waals surface area contributed by atoms with Gasteiger partial charge in [0.25, 0.3) is 0 Å². The summed E-state index contributed by atoms with van der Waals surface area (Å²) in [7, 11) is 0. The first kappa shape index (κ1) is 10.8. The Morgan fingerprint density at radius 2 is 2.29 bits per heavy atom. The number of hydrogen-bond acceptors (Lipinski definition) is 1. The number of hydrogen-bond donors (Lipinski definition) is 0. The van der Waals surface area contributed by atoms with E-state index in [-0.39, 0.29) is 5.82 Å². The van der Waals surface area contributed by atoms with E-state index in [9.17, 15) is 4.39 Å². The van der Waals surface area contributed by atoms with Crippen molar-refractivity contribution in [2.75, 3.05) is 6.61 Å². The molecule has 0 fully saturated rings. The highest BCUT2D eigenvalue weighted by Gasteiger charge is 2.00. The molecule has 14 heavy (non-hydrogen) atoms. The average Bonchev–Trinajstić information content (AvgIpc) is 2.18. The zero-order valence-electron chi connectivity index (χ0n) is 8.42. The van der Waals surface area contributed by atoms with Gasteiger partial charge in [-0.05, 0) is 31.4 Å². The molecular formula is C12H15FO. The molecule has 0 heterocycles. The minimum atomic E-state index is -0.255. The summed E-state index contributed by atoms with van der Waals surface area (Å²) in [5.74, 6) is 0.378. The zero-order valence-corrected chi connectivity index (χ0v) is 8.42. The molecule has 1 aromatic rings. The summed E-state index contributed by atoms with van der Waals surface area (Å²) >= 11 is 0. The first-order valence-electron chi connectivity index (χ1n) is 4.74. The highest BCUT2D eigenvalue weighted by molar-refractivity contribution is 5.32. The Labute approximate surface area is 84.2 Å². The van der Waals surface area contributed by atoms with E-state index in [0.29, 0.717) is 12.4 Å². The van der Waals surface area contributed by atoms with Crippen LogP contribution in [0, 0.1) is 12.7 Å². The van der Waals surface area contributed by atoms with Crippen molar-refractivity contribution in [3.63, 3.8) is 0 Å². The van der Waals surface area contributed by atoms with Crippen LogP contribution in [0.25, 0.3) is 0 Å². The van der Waals surface area contributed by atoms with Gasteiger partial charge in [-0.15, -0.1) is 6.58 Å². The Bertz CT molecular complexity index is 307. The number of aryl methyl sites for hydroxylation is 1. The van der Waals surface area contributed by atoms with E-state index in [0.717, 1.165) is 18.4 Å². The van der Waals surface area contributed by atoms with E-state index in [2.05, 4.69) is 6.58 Å². The van der Waals surface area contributed by atoms with E-state index in [1.807, 2.05) is 13.0 Å². The molecule has 0 aliphatic carbocycles. The molecule has 0 radical (unpaired) electrons. The Hall–Kier alpha value is -1.31. The van der Waals surface area contributed by atoms with Crippen molar-refractivity contribution in [2.45, 2.75) is 19.8 Å². The average molecular weight is 194 g/mol. The number of unbranched alkanes of at least 4 members (excludes halogenated alkanes) is 1. The SMILES string of the molecule is C=CCCCOc1cc(F)ccc1C. The van der Waals surface area contributed by atoms with Gasteiger partial charge in [0.2, 0.25) is 0 Å². The summed E-state index contributed by atoms with van der Waals surface area (Å²) in [5, 5.41) is 0. The zero-order chi connectivity index (χ0) is 10.4. The molecule has 76 valence electrons. The Morgan fingerprint density at radius 1 is 1.50 bits per heavy atom. The van der Waals surface area contributed by atoms with Crippen molar-refractivity contribution in [2.24, 2.45) is 0 Å². The van der Waals surface area contributed by atoms with Crippen LogP contribution in [-0.2, 0) is 0 Å². The number of rotatable bonds is 5. The molecule has 0 N–H and O–H groups in total. The van der Waals surface area contributed by atoms with E-state index in [4.69, 9.17) is 4.74 Å². The molecule has 1 aromatic carbocycles. The molecule has 0 atom stereocenters. The lowest BCUT2D eigenvalue weighted by atomic mass is 10.2. The Balaban J connectivity index is 2.49. The first-order chi connectivity index (χ1) is 6.74. The van der Waals surface area contributed by atoms with Crippen LogP contribution in [0.15, 0.2) is 30.9 Å². The summed E-state index contributed by atoms with van der Waals surface area (Å²) < 4.78 is 18.3. The number of allylic oxidation sites excluding steroid dienone is 1. The van der Waals surface area contributed by atoms with Crippen LogP contribution in [-0.4, -0.2) is 6.61 Å². The summed E-state index contributed by atoms with van der Waals surface area (Å²) in [5.41, 5.74) is 0.963. The van der Waals surface area contributed by atoms with Gasteiger partial charge in [0.15, 0.2) is 0 Å². The van der Waals surface area contributed by atoms with Crippen LogP contribution < -0.4 is 4.74 Å². The first-order valence-corrected chi connectivity index (χ1v) is 4.74. The van der Waals surface area contributed by atoms with Crippen molar-refractivity contribution < 1.29 is 9.13 Å². The molecule has 0 unspecified atom stereocenters. The van der Waals surface area contributed by atoms with Crippen LogP contribution in [0.4, 0.5) is 4.39 Å². The van der Waals surface area contributed by atoms with Crippen molar-refractivity contribution in [3.05, 3.63) is 42.2 Å². The van der Waals surface area contributed by atoms with Gasteiger partial charge in [-0.25, -0.2) is 4.39 Å². The highest BCUT2D eigenvalue weighted by atomic mass is 19.1. The van der Waals surface area contributed by atoms with Crippen molar-refractivity contribution in [1.29, 1.82) is 0 Å². The molecular weight excluding hydrogens is 179 g/mol. The second kappa shape index (κ2) is 5.43. The monoisotopic (exact) mass is 194 g/mol. The molecule has 1 nitrogen and oxygen atoms in total. The molecule has 0 aliphatic heterocycles. The largest absolute Gasteiger partial charge is 0.493 e. The maximum atomic E-state index is 12.8. The summed E-state index contributed by atoms with van der Waals surface area (Å²) in [6, 6.07) is 4.58. The lowest BCUT2D eigenvalue weighted by Crippen LogP contribution is -1.98. The van der Waals surface area contributed by atoms with Gasteiger partial charge in [0, 0.05) is 6.07 Å². The fourth-order valence-corrected chi connectivity index (χ4v) is 1.14. The quantitative estimate of drug-likeness (QED) is 0.515. The molecule has 0 spiro atoms. The molecule has 0 bridgehead atoms. The summed E-state index contributed by atoms with van der Waals surface area (Å²) in [6.45, 7) is 6.13. The standard InChI is InChI=1S/C12H15FO/c1-3-4-5-8-14-12-9-11(13)7-6-10(12)2/h3,6-7,9H,1,4-5,8H2,2H3. The minimum absolute atomic E-state index is 0.255. The molecule has 2 heteroatoms. The van der Waals surface area contributed by atoms with Gasteiger partial charge >= 0.3 is 0 Å². The Kier molecular flexibility index (Phi) is 4.17. The predicted molar refractivity (Wildman–Crippen MR) is 56.1 cm³/mol. The maximum absolute atomic E-state index is 12.8. The molecule has 0 aromatic heterocycles. The van der Waals surface area contributed by atoms with Gasteiger partial charge in [0.1, 0.15) is 11.6 Å². The van der Waals surface area contributed by atoms with Crippen LogP contribution in [0.1, 0.15) is 18.4 Å². The third kappa shape index (κ3) is 3.21. The summed E-state index contributed by atoms with van der Waals surface area (Å²) in [6.07, 6.45) is 3.69. The highest BCUT2D eigenvalue weighted by Crippen LogP contribution is 2.18. The van der Waals surface area contributed by atoms with E-state index < -0.39 is 0 Å². The van der Waals surface area contributed by atoms with E-state index in [1.54, 1.807) is 6.07 Å². The second-order valence-electron chi connectivity index (χ2n) is 3.19. The topological polar surface area (TPSA) is 9.23 Å². The van der Waals surface area contributed by atoms with Crippen molar-refractivity contribution in [1.82, 2.24) is 0 Å². The molecule has 0 aliphatic rings. The predicted octanol–water partition coefficient (Wildman–Crippen LogP) is 3.48. The minimum Gasteiger partial charge on any atom is -0.493 e. The lowest BCUT2D eigenvalue weighted by molar-refractivity contribution is 0.308. The molecule has 0 saturated carbocycles. The van der Waals surface area contributed by atoms with Crippen molar-refractivity contribution >= 4 is 0 Å². The van der Waals surface area contributed by atoms with Gasteiger partial charge in [0.05, 0.1) is 6.61 Å². The van der Waals surface area contributed by atoms with Crippen molar-refractivity contribution in [3.8, 4) is 5.75 Å². The van der Waals surface area contributed by atoms with Gasteiger partial charge in [-0.2, -0.15) is 0 Å². The second-order valence-corrected chi connectivity index (χ2v) is 3.19. The van der Waals surface area contributed by atoms with Crippen LogP contribution >= 0.6 is 0 Å². The normalized spacial score (nSPS) is 9.86. The maximum Gasteiger partial charge on any atom is 0.126 e. The lowest BCUT2D eigenvalue weighted by Gasteiger charge is -2.07. The van der Waals surface area contributed by atoms with Crippen LogP contribution in [0.2, 0.25) is 0 Å². The molecule has 0 amide bonds. The van der Waals surface area contributed by atoms with Gasteiger partial charge in [-0.1, -0.05) is 12.1 Å². The van der Waals surface area contributed by atoms with Crippen LogP contribution in [0.5, 0.6) is 5.75 Å². The van der Waals surface area contributed by atoms with Gasteiger partial charge < -0.3 is 4.74 Å². The number of halogens is 1. The Morgan fingerprint density at radius 3 is 3.00 bits per heavy atom. The third-order valence-electron chi connectivity index (χ3n) is 1.96. The summed E-state index contributed by atoms with van der Waals surface area (Å²) in [4.78, 5) is 0.